The van der Waals surface area contributed by atoms with Crippen molar-refractivity contribution in [2.75, 3.05) is 7.05 Å². The van der Waals surface area contributed by atoms with E-state index < -0.39 is 0 Å². The van der Waals surface area contributed by atoms with Crippen molar-refractivity contribution in [3.05, 3.63) is 17.5 Å². The lowest BCUT2D eigenvalue weighted by Gasteiger charge is -2.02. The van der Waals surface area contributed by atoms with Crippen LogP contribution in [0.1, 0.15) is 24.4 Å². The molecule has 0 aliphatic carbocycles. The molecule has 4 heteroatoms. The lowest BCUT2D eigenvalue weighted by atomic mass is 10.2. The molecule has 1 aromatic heterocycles. The normalized spacial score (nSPS) is 12.3. The van der Waals surface area contributed by atoms with Gasteiger partial charge in [-0.05, 0) is 20.9 Å². The standard InChI is InChI=1S/C7H12N2O.ClH/c1-5-4-7(9-10-5)6(2)8-3;/h4,6,8H,1-3H3;1H. The van der Waals surface area contributed by atoms with Crippen LogP contribution in [-0.4, -0.2) is 12.2 Å². The van der Waals surface area contributed by atoms with E-state index in [2.05, 4.69) is 10.5 Å². The molecular weight excluding hydrogens is 164 g/mol. The zero-order chi connectivity index (χ0) is 7.56. The maximum atomic E-state index is 4.90. The lowest BCUT2D eigenvalue weighted by Crippen LogP contribution is -2.12. The number of hydrogen-bond acceptors (Lipinski definition) is 3. The summed E-state index contributed by atoms with van der Waals surface area (Å²) < 4.78 is 4.90. The van der Waals surface area contributed by atoms with Gasteiger partial charge in [0.05, 0.1) is 0 Å². The summed E-state index contributed by atoms with van der Waals surface area (Å²) in [5, 5.41) is 6.92. The first kappa shape index (κ1) is 10.5. The van der Waals surface area contributed by atoms with Gasteiger partial charge in [-0.1, -0.05) is 5.16 Å². The Labute approximate surface area is 72.6 Å². The van der Waals surface area contributed by atoms with E-state index >= 15 is 0 Å². The van der Waals surface area contributed by atoms with Gasteiger partial charge < -0.3 is 9.84 Å². The molecule has 0 fully saturated rings. The molecule has 0 bridgehead atoms. The smallest absolute Gasteiger partial charge is 0.133 e. The van der Waals surface area contributed by atoms with Crippen LogP contribution in [0.3, 0.4) is 0 Å². The molecule has 11 heavy (non-hydrogen) atoms. The van der Waals surface area contributed by atoms with Crippen LogP contribution >= 0.6 is 12.4 Å². The van der Waals surface area contributed by atoms with Gasteiger partial charge in [0.15, 0.2) is 0 Å². The predicted octanol–water partition coefficient (Wildman–Crippen LogP) is 1.69. The van der Waals surface area contributed by atoms with E-state index in [4.69, 9.17) is 4.52 Å². The minimum Gasteiger partial charge on any atom is -0.361 e. The third kappa shape index (κ3) is 2.52. The van der Waals surface area contributed by atoms with Crippen molar-refractivity contribution in [2.45, 2.75) is 19.9 Å². The Kier molecular flexibility index (Phi) is 4.15. The van der Waals surface area contributed by atoms with Crippen LogP contribution in [0.5, 0.6) is 0 Å². The van der Waals surface area contributed by atoms with Crippen molar-refractivity contribution in [1.29, 1.82) is 0 Å². The molecule has 0 spiro atoms. The van der Waals surface area contributed by atoms with Crippen molar-refractivity contribution < 1.29 is 4.52 Å². The SMILES string of the molecule is CNC(C)c1cc(C)on1.Cl. The monoisotopic (exact) mass is 176 g/mol. The summed E-state index contributed by atoms with van der Waals surface area (Å²) in [7, 11) is 1.90. The van der Waals surface area contributed by atoms with E-state index in [9.17, 15) is 0 Å². The molecule has 0 aromatic carbocycles. The summed E-state index contributed by atoms with van der Waals surface area (Å²) in [5.41, 5.74) is 0.958. The first-order valence-corrected chi connectivity index (χ1v) is 3.34. The molecule has 1 N–H and O–H groups in total. The molecule has 1 rings (SSSR count). The number of nitrogens with zero attached hydrogens (tertiary/aromatic N) is 1. The fourth-order valence-electron chi connectivity index (χ4n) is 0.738. The summed E-state index contributed by atoms with van der Waals surface area (Å²) in [4.78, 5) is 0. The second kappa shape index (κ2) is 4.36. The molecule has 0 aliphatic rings. The van der Waals surface area contributed by atoms with E-state index in [1.807, 2.05) is 27.0 Å². The minimum atomic E-state index is 0. The summed E-state index contributed by atoms with van der Waals surface area (Å²) in [6.45, 7) is 3.93. The highest BCUT2D eigenvalue weighted by Gasteiger charge is 2.06. The Morgan fingerprint density at radius 2 is 2.27 bits per heavy atom. The summed E-state index contributed by atoms with van der Waals surface area (Å²) in [6.07, 6.45) is 0. The Morgan fingerprint density at radius 1 is 1.64 bits per heavy atom. The van der Waals surface area contributed by atoms with Gasteiger partial charge in [0.1, 0.15) is 11.5 Å². The third-order valence-corrected chi connectivity index (χ3v) is 1.52. The van der Waals surface area contributed by atoms with E-state index in [0.29, 0.717) is 0 Å². The van der Waals surface area contributed by atoms with Crippen LogP contribution in [0, 0.1) is 6.92 Å². The van der Waals surface area contributed by atoms with E-state index in [0.717, 1.165) is 11.5 Å². The second-order valence-electron chi connectivity index (χ2n) is 2.37. The Morgan fingerprint density at radius 3 is 2.64 bits per heavy atom. The van der Waals surface area contributed by atoms with Crippen LogP contribution in [0.25, 0.3) is 0 Å². The Hall–Kier alpha value is -0.540. The molecule has 0 aliphatic heterocycles. The zero-order valence-corrected chi connectivity index (χ0v) is 7.73. The van der Waals surface area contributed by atoms with Crippen LogP contribution in [0.2, 0.25) is 0 Å². The van der Waals surface area contributed by atoms with Crippen molar-refractivity contribution in [3.63, 3.8) is 0 Å². The minimum absolute atomic E-state index is 0. The largest absolute Gasteiger partial charge is 0.361 e. The number of nitrogens with one attached hydrogen (secondary N) is 1. The van der Waals surface area contributed by atoms with E-state index in [1.54, 1.807) is 0 Å². The average molecular weight is 177 g/mol. The molecule has 3 nitrogen and oxygen atoms in total. The highest BCUT2D eigenvalue weighted by Crippen LogP contribution is 2.10. The quantitative estimate of drug-likeness (QED) is 0.745. The maximum absolute atomic E-state index is 4.90. The summed E-state index contributed by atoms with van der Waals surface area (Å²) >= 11 is 0. The van der Waals surface area contributed by atoms with Gasteiger partial charge >= 0.3 is 0 Å². The molecule has 0 saturated carbocycles. The number of hydrogen-bond donors (Lipinski definition) is 1. The summed E-state index contributed by atoms with van der Waals surface area (Å²) in [6, 6.07) is 2.21. The van der Waals surface area contributed by atoms with Crippen molar-refractivity contribution >= 4 is 12.4 Å². The van der Waals surface area contributed by atoms with Crippen LogP contribution in [0.15, 0.2) is 10.6 Å². The molecule has 1 unspecified atom stereocenters. The van der Waals surface area contributed by atoms with Crippen LogP contribution in [0.4, 0.5) is 0 Å². The molecule has 64 valence electrons. The topological polar surface area (TPSA) is 38.1 Å². The van der Waals surface area contributed by atoms with Crippen molar-refractivity contribution in [3.8, 4) is 0 Å². The fraction of sp³-hybridized carbons (Fsp3) is 0.571. The van der Waals surface area contributed by atoms with Gasteiger partial charge in [0.2, 0.25) is 0 Å². The van der Waals surface area contributed by atoms with Crippen LogP contribution in [-0.2, 0) is 0 Å². The number of aryl methyl sites for hydroxylation is 1. The molecule has 1 aromatic rings. The molecular formula is C7H13ClN2O. The molecule has 0 saturated heterocycles. The third-order valence-electron chi connectivity index (χ3n) is 1.52. The Bertz CT molecular complexity index is 212. The van der Waals surface area contributed by atoms with Gasteiger partial charge in [-0.25, -0.2) is 0 Å². The second-order valence-corrected chi connectivity index (χ2v) is 2.37. The lowest BCUT2D eigenvalue weighted by molar-refractivity contribution is 0.383. The zero-order valence-electron chi connectivity index (χ0n) is 6.92. The maximum Gasteiger partial charge on any atom is 0.133 e. The van der Waals surface area contributed by atoms with Gasteiger partial charge in [0, 0.05) is 12.1 Å². The van der Waals surface area contributed by atoms with Crippen molar-refractivity contribution in [1.82, 2.24) is 10.5 Å². The number of halogens is 1. The van der Waals surface area contributed by atoms with Gasteiger partial charge in [0.25, 0.3) is 0 Å². The molecule has 0 radical (unpaired) electrons. The highest BCUT2D eigenvalue weighted by molar-refractivity contribution is 5.85. The fourth-order valence-corrected chi connectivity index (χ4v) is 0.738. The molecule has 1 atom stereocenters. The Balaban J connectivity index is 0.000001000. The van der Waals surface area contributed by atoms with E-state index in [-0.39, 0.29) is 18.4 Å². The summed E-state index contributed by atoms with van der Waals surface area (Å²) in [5.74, 6) is 0.858. The van der Waals surface area contributed by atoms with Gasteiger partial charge in [-0.15, -0.1) is 12.4 Å². The molecule has 1 heterocycles. The predicted molar refractivity (Wildman–Crippen MR) is 46.0 cm³/mol. The average Bonchev–Trinajstić information content (AvgIpc) is 2.34. The number of rotatable bonds is 2. The van der Waals surface area contributed by atoms with E-state index in [1.165, 1.54) is 0 Å². The van der Waals surface area contributed by atoms with Gasteiger partial charge in [-0.3, -0.25) is 0 Å². The van der Waals surface area contributed by atoms with Gasteiger partial charge in [-0.2, -0.15) is 0 Å². The van der Waals surface area contributed by atoms with Crippen molar-refractivity contribution in [2.24, 2.45) is 0 Å². The first-order chi connectivity index (χ1) is 4.74. The first-order valence-electron chi connectivity index (χ1n) is 3.34. The highest BCUT2D eigenvalue weighted by atomic mass is 35.5. The number of aromatic nitrogens is 1. The van der Waals surface area contributed by atoms with Crippen LogP contribution < -0.4 is 5.32 Å². The molecule has 0 amide bonds.